The van der Waals surface area contributed by atoms with Crippen molar-refractivity contribution < 1.29 is 15.0 Å². The first-order valence-electron chi connectivity index (χ1n) is 9.06. The van der Waals surface area contributed by atoms with Gasteiger partial charge < -0.3 is 10.2 Å². The van der Waals surface area contributed by atoms with Crippen molar-refractivity contribution in [3.05, 3.63) is 36.1 Å². The van der Waals surface area contributed by atoms with Gasteiger partial charge in [-0.3, -0.25) is 4.79 Å². The summed E-state index contributed by atoms with van der Waals surface area (Å²) < 4.78 is 0. The predicted molar refractivity (Wildman–Crippen MR) is 97.7 cm³/mol. The lowest BCUT2D eigenvalue weighted by atomic mass is 10.1. The van der Waals surface area contributed by atoms with Gasteiger partial charge in [0.25, 0.3) is 0 Å². The van der Waals surface area contributed by atoms with Gasteiger partial charge in [0, 0.05) is 12.8 Å². The Morgan fingerprint density at radius 2 is 1.48 bits per heavy atom. The molecule has 0 saturated heterocycles. The minimum absolute atomic E-state index is 0.296. The van der Waals surface area contributed by atoms with E-state index in [1.165, 1.54) is 6.42 Å². The molecular formula is C20H34O3. The van der Waals surface area contributed by atoms with Gasteiger partial charge in [0.15, 0.2) is 0 Å². The van der Waals surface area contributed by atoms with Crippen molar-refractivity contribution in [2.45, 2.75) is 84.0 Å². The van der Waals surface area contributed by atoms with Crippen LogP contribution >= 0.6 is 0 Å². The van der Waals surface area contributed by atoms with Gasteiger partial charge in [-0.2, -0.15) is 0 Å². The second-order valence-electron chi connectivity index (χ2n) is 5.90. The molecule has 0 saturated carbocycles. The lowest BCUT2D eigenvalue weighted by Crippen LogP contribution is -1.93. The maximum atomic E-state index is 10.3. The van der Waals surface area contributed by atoms with Crippen LogP contribution in [-0.4, -0.2) is 16.2 Å². The van der Waals surface area contributed by atoms with E-state index in [-0.39, 0.29) is 0 Å². The van der Waals surface area contributed by atoms with Crippen LogP contribution in [0.4, 0.5) is 0 Å². The maximum absolute atomic E-state index is 10.3. The van der Waals surface area contributed by atoms with Crippen molar-refractivity contribution in [1.29, 1.82) is 0 Å². The van der Waals surface area contributed by atoms with Crippen molar-refractivity contribution in [2.24, 2.45) is 0 Å². The molecule has 0 atom stereocenters. The Balaban J connectivity index is 3.41. The Kier molecular flexibility index (Phi) is 15.7. The maximum Gasteiger partial charge on any atom is 0.303 e. The van der Waals surface area contributed by atoms with Crippen molar-refractivity contribution in [3.63, 3.8) is 0 Å². The Morgan fingerprint density at radius 3 is 2.17 bits per heavy atom. The number of aliphatic carboxylic acids is 1. The lowest BCUT2D eigenvalue weighted by Gasteiger charge is -1.97. The number of carbonyl (C=O) groups is 1. The molecule has 3 nitrogen and oxygen atoms in total. The molecule has 0 aliphatic carbocycles. The van der Waals surface area contributed by atoms with Crippen LogP contribution in [0.3, 0.4) is 0 Å². The fourth-order valence-corrected chi connectivity index (χ4v) is 2.20. The van der Waals surface area contributed by atoms with Crippen LogP contribution in [0.2, 0.25) is 0 Å². The number of hydrogen-bond donors (Lipinski definition) is 2. The molecule has 0 rings (SSSR count). The standard InChI is InChI=1S/C20H34O3/c1-2-3-13-16-19(21)17-14-11-9-7-5-4-6-8-10-12-15-18-20(22)23/h4-5,9,11,16,21H,2-3,6-8,10,12-15,17-18H2,1H3,(H,22,23)/b5-4-,11-9-,19-16-. The summed E-state index contributed by atoms with van der Waals surface area (Å²) in [5.41, 5.74) is 0. The van der Waals surface area contributed by atoms with Crippen LogP contribution in [0.25, 0.3) is 0 Å². The van der Waals surface area contributed by atoms with E-state index >= 15 is 0 Å². The molecule has 0 radical (unpaired) electrons. The Morgan fingerprint density at radius 1 is 0.783 bits per heavy atom. The van der Waals surface area contributed by atoms with E-state index in [2.05, 4.69) is 31.2 Å². The van der Waals surface area contributed by atoms with Gasteiger partial charge >= 0.3 is 5.97 Å². The van der Waals surface area contributed by atoms with Gasteiger partial charge in [-0.15, -0.1) is 0 Å². The molecule has 0 aromatic heterocycles. The Hall–Kier alpha value is -1.51. The summed E-state index contributed by atoms with van der Waals surface area (Å²) in [4.78, 5) is 10.3. The number of aliphatic hydroxyl groups excluding tert-OH is 1. The van der Waals surface area contributed by atoms with Gasteiger partial charge in [0.2, 0.25) is 0 Å². The third-order valence-electron chi connectivity index (χ3n) is 3.62. The van der Waals surface area contributed by atoms with E-state index in [4.69, 9.17) is 5.11 Å². The SMILES string of the molecule is CCCC/C=C(\O)CC/C=C\C/C=C\CCCCCCC(=O)O. The van der Waals surface area contributed by atoms with Crippen LogP contribution in [0.1, 0.15) is 84.0 Å². The quantitative estimate of drug-likeness (QED) is 0.210. The van der Waals surface area contributed by atoms with E-state index < -0.39 is 5.97 Å². The summed E-state index contributed by atoms with van der Waals surface area (Å²) in [6, 6.07) is 0. The molecule has 0 fully saturated rings. The zero-order chi connectivity index (χ0) is 17.2. The zero-order valence-corrected chi connectivity index (χ0v) is 14.7. The third-order valence-corrected chi connectivity index (χ3v) is 3.62. The van der Waals surface area contributed by atoms with Gasteiger partial charge in [0.1, 0.15) is 0 Å². The van der Waals surface area contributed by atoms with Crippen LogP contribution in [0.5, 0.6) is 0 Å². The zero-order valence-electron chi connectivity index (χ0n) is 14.7. The number of unbranched alkanes of at least 4 members (excludes halogenated alkanes) is 6. The second-order valence-corrected chi connectivity index (χ2v) is 5.90. The normalized spacial score (nSPS) is 12.5. The average Bonchev–Trinajstić information content (AvgIpc) is 2.51. The largest absolute Gasteiger partial charge is 0.513 e. The first-order valence-corrected chi connectivity index (χ1v) is 9.06. The summed E-state index contributed by atoms with van der Waals surface area (Å²) >= 11 is 0. The van der Waals surface area contributed by atoms with Gasteiger partial charge in [-0.25, -0.2) is 0 Å². The fourth-order valence-electron chi connectivity index (χ4n) is 2.20. The highest BCUT2D eigenvalue weighted by atomic mass is 16.4. The highest BCUT2D eigenvalue weighted by Gasteiger charge is 1.95. The monoisotopic (exact) mass is 322 g/mol. The third kappa shape index (κ3) is 18.4. The number of allylic oxidation sites excluding steroid dienone is 6. The van der Waals surface area contributed by atoms with Crippen molar-refractivity contribution in [1.82, 2.24) is 0 Å². The fraction of sp³-hybridized carbons (Fsp3) is 0.650. The summed E-state index contributed by atoms with van der Waals surface area (Å²) in [5, 5.41) is 18.2. The molecule has 0 aromatic carbocycles. The highest BCUT2D eigenvalue weighted by Crippen LogP contribution is 2.07. The number of aliphatic hydroxyl groups is 1. The first kappa shape index (κ1) is 21.5. The topological polar surface area (TPSA) is 57.5 Å². The van der Waals surface area contributed by atoms with Gasteiger partial charge in [0.05, 0.1) is 5.76 Å². The minimum Gasteiger partial charge on any atom is -0.513 e. The minimum atomic E-state index is -0.693. The van der Waals surface area contributed by atoms with Crippen molar-refractivity contribution in [2.75, 3.05) is 0 Å². The van der Waals surface area contributed by atoms with Crippen LogP contribution in [0, 0.1) is 0 Å². The van der Waals surface area contributed by atoms with Gasteiger partial charge in [-0.05, 0) is 51.0 Å². The Labute approximate surface area is 141 Å². The molecule has 0 aliphatic heterocycles. The second kappa shape index (κ2) is 16.9. The molecule has 23 heavy (non-hydrogen) atoms. The number of carboxylic acid groups (broad SMARTS) is 1. The molecule has 0 unspecified atom stereocenters. The van der Waals surface area contributed by atoms with Crippen molar-refractivity contribution >= 4 is 5.97 Å². The summed E-state index contributed by atoms with van der Waals surface area (Å²) in [6.07, 6.45) is 21.8. The van der Waals surface area contributed by atoms with Crippen molar-refractivity contribution in [3.8, 4) is 0 Å². The molecule has 0 aliphatic rings. The number of hydrogen-bond acceptors (Lipinski definition) is 2. The van der Waals surface area contributed by atoms with E-state index in [9.17, 15) is 9.90 Å². The predicted octanol–water partition coefficient (Wildman–Crippen LogP) is 6.33. The molecule has 2 N–H and O–H groups in total. The Bertz CT molecular complexity index is 367. The molecule has 3 heteroatoms. The number of rotatable bonds is 15. The van der Waals surface area contributed by atoms with Crippen LogP contribution < -0.4 is 0 Å². The van der Waals surface area contributed by atoms with E-state index in [0.29, 0.717) is 12.2 Å². The lowest BCUT2D eigenvalue weighted by molar-refractivity contribution is -0.137. The summed E-state index contributed by atoms with van der Waals surface area (Å²) in [6.45, 7) is 2.15. The number of carboxylic acids is 1. The van der Waals surface area contributed by atoms with E-state index in [0.717, 1.165) is 64.2 Å². The van der Waals surface area contributed by atoms with E-state index in [1.807, 2.05) is 6.08 Å². The van der Waals surface area contributed by atoms with E-state index in [1.54, 1.807) is 0 Å². The first-order chi connectivity index (χ1) is 11.2. The summed E-state index contributed by atoms with van der Waals surface area (Å²) in [7, 11) is 0. The molecular weight excluding hydrogens is 288 g/mol. The summed E-state index contributed by atoms with van der Waals surface area (Å²) in [5.74, 6) is -0.178. The smallest absolute Gasteiger partial charge is 0.303 e. The molecule has 0 heterocycles. The molecule has 0 spiro atoms. The average molecular weight is 322 g/mol. The molecule has 0 aromatic rings. The molecule has 0 bridgehead atoms. The highest BCUT2D eigenvalue weighted by molar-refractivity contribution is 5.66. The molecule has 0 amide bonds. The van der Waals surface area contributed by atoms with Crippen LogP contribution in [-0.2, 0) is 4.79 Å². The van der Waals surface area contributed by atoms with Crippen LogP contribution in [0.15, 0.2) is 36.1 Å². The van der Waals surface area contributed by atoms with Gasteiger partial charge in [-0.1, -0.05) is 50.5 Å². The molecule has 132 valence electrons.